The molecule has 226 valence electrons. The summed E-state index contributed by atoms with van der Waals surface area (Å²) in [6.07, 6.45) is 3.50. The van der Waals surface area contributed by atoms with Crippen LogP contribution in [-0.2, 0) is 0 Å². The van der Waals surface area contributed by atoms with Crippen molar-refractivity contribution in [2.24, 2.45) is 0 Å². The molecule has 3 heterocycles. The van der Waals surface area contributed by atoms with Crippen LogP contribution in [0, 0.1) is 11.6 Å². The molecule has 9 nitrogen and oxygen atoms in total. The molecule has 0 aliphatic heterocycles. The van der Waals surface area contributed by atoms with E-state index in [2.05, 4.69) is 20.5 Å². The lowest BCUT2D eigenvalue weighted by molar-refractivity contribution is 0.101. The van der Waals surface area contributed by atoms with E-state index in [4.69, 9.17) is 14.8 Å². The summed E-state index contributed by atoms with van der Waals surface area (Å²) in [7, 11) is 3.99. The molecular weight excluding hydrogens is 576 g/mol. The van der Waals surface area contributed by atoms with Gasteiger partial charge in [0.1, 0.15) is 35.2 Å². The van der Waals surface area contributed by atoms with Gasteiger partial charge in [-0.25, -0.2) is 23.3 Å². The molecular formula is C34H29F2N7O2. The van der Waals surface area contributed by atoms with E-state index in [1.165, 1.54) is 6.07 Å². The lowest BCUT2D eigenvalue weighted by Gasteiger charge is -2.12. The third kappa shape index (κ3) is 6.63. The number of pyridine rings is 1. The van der Waals surface area contributed by atoms with Crippen molar-refractivity contribution in [3.63, 3.8) is 0 Å². The molecule has 6 rings (SSSR count). The number of benzene rings is 3. The first kappa shape index (κ1) is 29.4. The second-order valence-electron chi connectivity index (χ2n) is 10.5. The highest BCUT2D eigenvalue weighted by Gasteiger charge is 2.20. The van der Waals surface area contributed by atoms with E-state index in [1.54, 1.807) is 35.0 Å². The normalized spacial score (nSPS) is 11.1. The highest BCUT2D eigenvalue weighted by Crippen LogP contribution is 2.35. The molecule has 0 unspecified atom stereocenters. The average Bonchev–Trinajstić information content (AvgIpc) is 3.42. The Labute approximate surface area is 258 Å². The van der Waals surface area contributed by atoms with E-state index in [-0.39, 0.29) is 0 Å². The molecule has 0 bridgehead atoms. The molecule has 0 spiro atoms. The number of anilines is 3. The summed E-state index contributed by atoms with van der Waals surface area (Å²) in [6.45, 7) is 1.41. The van der Waals surface area contributed by atoms with Crippen LogP contribution in [-0.4, -0.2) is 57.6 Å². The van der Waals surface area contributed by atoms with Crippen LogP contribution in [0.4, 0.5) is 26.1 Å². The van der Waals surface area contributed by atoms with E-state index < -0.39 is 23.1 Å². The number of amides is 1. The fraction of sp³-hybridized carbons (Fsp3) is 0.118. The molecule has 0 atom stereocenters. The predicted molar refractivity (Wildman–Crippen MR) is 170 cm³/mol. The summed E-state index contributed by atoms with van der Waals surface area (Å²) < 4.78 is 36.0. The monoisotopic (exact) mass is 605 g/mol. The highest BCUT2D eigenvalue weighted by molar-refractivity contribution is 6.05. The summed E-state index contributed by atoms with van der Waals surface area (Å²) in [5.41, 5.74) is 3.92. The Hall–Kier alpha value is -5.68. The number of aromatic nitrogens is 4. The molecule has 1 amide bonds. The first-order valence-corrected chi connectivity index (χ1v) is 14.2. The van der Waals surface area contributed by atoms with Crippen molar-refractivity contribution in [2.75, 3.05) is 37.9 Å². The Balaban J connectivity index is 1.29. The smallest absolute Gasteiger partial charge is 0.261 e. The molecule has 0 aliphatic rings. The van der Waals surface area contributed by atoms with Crippen LogP contribution in [0.2, 0.25) is 0 Å². The number of carbonyl (C=O) groups is 1. The van der Waals surface area contributed by atoms with Gasteiger partial charge in [0.2, 0.25) is 5.95 Å². The Morgan fingerprint density at radius 2 is 1.69 bits per heavy atom. The Kier molecular flexibility index (Phi) is 8.43. The Morgan fingerprint density at radius 3 is 2.47 bits per heavy atom. The van der Waals surface area contributed by atoms with Gasteiger partial charge < -0.3 is 20.3 Å². The standard InChI is InChI=1S/C34H29F2N7O2/c1-42(2)19-20-45-25-14-12-23(13-15-25)39-34-37-17-16-28(40-34)31-29-11-3-4-18-43(29)41-32(31)22-7-5-8-24(21-22)38-33(44)30-26(35)9-6-10-27(30)36/h3-18,21H,19-20H2,1-2H3,(H,38,44)(H,37,39,40). The van der Waals surface area contributed by atoms with Gasteiger partial charge in [0, 0.05) is 35.9 Å². The number of likely N-dealkylation sites (N-methyl/N-ethyl adjacent to an activating group) is 1. The molecule has 6 aromatic rings. The van der Waals surface area contributed by atoms with Crippen LogP contribution in [0.5, 0.6) is 5.75 Å². The third-order valence-corrected chi connectivity index (χ3v) is 6.95. The minimum atomic E-state index is -0.941. The molecule has 0 radical (unpaired) electrons. The average molecular weight is 606 g/mol. The van der Waals surface area contributed by atoms with Gasteiger partial charge in [-0.15, -0.1) is 0 Å². The maximum atomic E-state index is 14.2. The van der Waals surface area contributed by atoms with Crippen LogP contribution in [0.3, 0.4) is 0 Å². The number of fused-ring (bicyclic) bond motifs is 1. The van der Waals surface area contributed by atoms with Crippen molar-refractivity contribution in [3.05, 3.63) is 121 Å². The SMILES string of the molecule is CN(C)CCOc1ccc(Nc2nccc(-c3c(-c4cccc(NC(=O)c5c(F)cccc5F)c4)nn4ccccc34)n2)cc1. The first-order chi connectivity index (χ1) is 21.9. The molecule has 3 aromatic carbocycles. The number of rotatable bonds is 10. The van der Waals surface area contributed by atoms with Gasteiger partial charge in [0.25, 0.3) is 5.91 Å². The van der Waals surface area contributed by atoms with Crippen molar-refractivity contribution in [2.45, 2.75) is 0 Å². The molecule has 3 aromatic heterocycles. The maximum absolute atomic E-state index is 14.2. The van der Waals surface area contributed by atoms with Gasteiger partial charge >= 0.3 is 0 Å². The third-order valence-electron chi connectivity index (χ3n) is 6.95. The number of carbonyl (C=O) groups excluding carboxylic acids is 1. The van der Waals surface area contributed by atoms with Gasteiger partial charge in [0.05, 0.1) is 16.8 Å². The van der Waals surface area contributed by atoms with E-state index in [0.29, 0.717) is 35.2 Å². The van der Waals surface area contributed by atoms with Crippen LogP contribution < -0.4 is 15.4 Å². The zero-order chi connectivity index (χ0) is 31.3. The summed E-state index contributed by atoms with van der Waals surface area (Å²) in [5, 5.41) is 10.7. The number of ether oxygens (including phenoxy) is 1. The fourth-order valence-corrected chi connectivity index (χ4v) is 4.77. The largest absolute Gasteiger partial charge is 0.492 e. The zero-order valence-electron chi connectivity index (χ0n) is 24.5. The highest BCUT2D eigenvalue weighted by atomic mass is 19.1. The number of halogens is 2. The van der Waals surface area contributed by atoms with E-state index in [1.807, 2.05) is 68.8 Å². The molecule has 45 heavy (non-hydrogen) atoms. The van der Waals surface area contributed by atoms with Crippen LogP contribution in [0.15, 0.2) is 103 Å². The fourth-order valence-electron chi connectivity index (χ4n) is 4.77. The Bertz CT molecular complexity index is 1960. The molecule has 0 fully saturated rings. The van der Waals surface area contributed by atoms with Gasteiger partial charge in [-0.05, 0) is 80.8 Å². The molecule has 2 N–H and O–H groups in total. The van der Waals surface area contributed by atoms with Crippen LogP contribution in [0.25, 0.3) is 28.0 Å². The minimum Gasteiger partial charge on any atom is -0.492 e. The summed E-state index contributed by atoms with van der Waals surface area (Å²) in [4.78, 5) is 24.0. The molecule has 0 saturated heterocycles. The lowest BCUT2D eigenvalue weighted by Crippen LogP contribution is -2.19. The quantitative estimate of drug-likeness (QED) is 0.180. The first-order valence-electron chi connectivity index (χ1n) is 14.2. The maximum Gasteiger partial charge on any atom is 0.261 e. The van der Waals surface area contributed by atoms with E-state index in [0.717, 1.165) is 41.2 Å². The molecule has 11 heteroatoms. The van der Waals surface area contributed by atoms with Crippen LogP contribution >= 0.6 is 0 Å². The Morgan fingerprint density at radius 1 is 0.911 bits per heavy atom. The summed E-state index contributed by atoms with van der Waals surface area (Å²) in [5.74, 6) is -1.61. The van der Waals surface area contributed by atoms with Crippen molar-refractivity contribution >= 4 is 28.7 Å². The predicted octanol–water partition coefficient (Wildman–Crippen LogP) is 6.67. The summed E-state index contributed by atoms with van der Waals surface area (Å²) >= 11 is 0. The van der Waals surface area contributed by atoms with E-state index in [9.17, 15) is 13.6 Å². The van der Waals surface area contributed by atoms with Crippen molar-refractivity contribution < 1.29 is 18.3 Å². The van der Waals surface area contributed by atoms with Crippen LogP contribution in [0.1, 0.15) is 10.4 Å². The van der Waals surface area contributed by atoms with E-state index >= 15 is 0 Å². The van der Waals surface area contributed by atoms with Gasteiger partial charge in [0.15, 0.2) is 0 Å². The van der Waals surface area contributed by atoms with Crippen molar-refractivity contribution in [1.82, 2.24) is 24.5 Å². The number of hydrogen-bond donors (Lipinski definition) is 2. The van der Waals surface area contributed by atoms with Crippen molar-refractivity contribution in [3.8, 4) is 28.3 Å². The summed E-state index contributed by atoms with van der Waals surface area (Å²) in [6, 6.07) is 25.3. The number of nitrogens with one attached hydrogen (secondary N) is 2. The topological polar surface area (TPSA) is 96.7 Å². The zero-order valence-corrected chi connectivity index (χ0v) is 24.5. The van der Waals surface area contributed by atoms with Gasteiger partial charge in [-0.1, -0.05) is 24.3 Å². The number of nitrogens with zero attached hydrogens (tertiary/aromatic N) is 5. The minimum absolute atomic E-state index is 0.349. The van der Waals surface area contributed by atoms with Gasteiger partial charge in [-0.3, -0.25) is 4.79 Å². The molecule has 0 aliphatic carbocycles. The second kappa shape index (κ2) is 12.9. The lowest BCUT2D eigenvalue weighted by atomic mass is 10.0. The van der Waals surface area contributed by atoms with Crippen molar-refractivity contribution in [1.29, 1.82) is 0 Å². The molecule has 0 saturated carbocycles. The number of hydrogen-bond acceptors (Lipinski definition) is 7. The second-order valence-corrected chi connectivity index (χ2v) is 10.5. The van der Waals surface area contributed by atoms with Gasteiger partial charge in [-0.2, -0.15) is 5.10 Å².